The largest absolute Gasteiger partial charge is 0.465 e. The van der Waals surface area contributed by atoms with E-state index < -0.39 is 31.0 Å². The molecule has 1 N–H and O–H groups in total. The van der Waals surface area contributed by atoms with Gasteiger partial charge >= 0.3 is 6.09 Å². The normalized spacial score (nSPS) is 20.9. The number of nitrogens with zero attached hydrogens (tertiary/aromatic N) is 2. The fraction of sp³-hybridized carbons (Fsp3) is 0.650. The van der Waals surface area contributed by atoms with Crippen LogP contribution in [0.4, 0.5) is 10.5 Å². The lowest BCUT2D eigenvalue weighted by molar-refractivity contribution is -0.385. The number of rotatable bonds is 3. The molecule has 1 heterocycles. The standard InChI is InChI=1S/C20H28N2O6S/c1-14-11-15(5-6-16(14)22(25)26)29(27,28)20(18(2,3)4)12-19(13-20)7-9-21(10-8-19)17(23)24/h5-6,11H,7-10,12-13H2,1-4H3,(H,23,24). The van der Waals surface area contributed by atoms with E-state index >= 15 is 0 Å². The van der Waals surface area contributed by atoms with Gasteiger partial charge in [0.05, 0.1) is 14.6 Å². The maximum absolute atomic E-state index is 13.7. The minimum absolute atomic E-state index is 0.0973. The summed E-state index contributed by atoms with van der Waals surface area (Å²) >= 11 is 0. The maximum Gasteiger partial charge on any atom is 0.407 e. The third-order valence-electron chi connectivity index (χ3n) is 6.97. The van der Waals surface area contributed by atoms with Gasteiger partial charge in [0, 0.05) is 24.7 Å². The van der Waals surface area contributed by atoms with Gasteiger partial charge in [0.15, 0.2) is 9.84 Å². The number of nitro benzene ring substituents is 1. The molecular formula is C20H28N2O6S. The van der Waals surface area contributed by atoms with Gasteiger partial charge in [-0.05, 0) is 55.6 Å². The Bertz CT molecular complexity index is 948. The van der Waals surface area contributed by atoms with Crippen LogP contribution in [0.3, 0.4) is 0 Å². The second kappa shape index (κ2) is 6.68. The maximum atomic E-state index is 13.7. The Labute approximate surface area is 171 Å². The van der Waals surface area contributed by atoms with Crippen molar-refractivity contribution in [1.29, 1.82) is 0 Å². The molecule has 1 spiro atoms. The molecule has 1 saturated carbocycles. The number of nitro groups is 1. The number of carboxylic acid groups (broad SMARTS) is 1. The number of benzene rings is 1. The van der Waals surface area contributed by atoms with Crippen LogP contribution in [0, 0.1) is 27.9 Å². The summed E-state index contributed by atoms with van der Waals surface area (Å²) in [5.74, 6) is 0. The molecule has 0 radical (unpaired) electrons. The average Bonchev–Trinajstić information content (AvgIpc) is 2.57. The molecule has 160 valence electrons. The van der Waals surface area contributed by atoms with Crippen molar-refractivity contribution in [3.8, 4) is 0 Å². The molecule has 1 aliphatic heterocycles. The van der Waals surface area contributed by atoms with Crippen LogP contribution in [0.1, 0.15) is 52.0 Å². The minimum Gasteiger partial charge on any atom is -0.465 e. The molecule has 1 saturated heterocycles. The zero-order valence-corrected chi connectivity index (χ0v) is 18.1. The van der Waals surface area contributed by atoms with Crippen LogP contribution in [0.15, 0.2) is 23.1 Å². The van der Waals surface area contributed by atoms with Crippen LogP contribution in [0.2, 0.25) is 0 Å². The number of amides is 1. The summed E-state index contributed by atoms with van der Waals surface area (Å²) in [7, 11) is -3.74. The lowest BCUT2D eigenvalue weighted by Gasteiger charge is -2.62. The van der Waals surface area contributed by atoms with E-state index in [0.29, 0.717) is 44.3 Å². The summed E-state index contributed by atoms with van der Waals surface area (Å²) < 4.78 is 26.5. The van der Waals surface area contributed by atoms with E-state index in [9.17, 15) is 28.4 Å². The molecule has 3 rings (SSSR count). The number of piperidine rings is 1. The fourth-order valence-corrected chi connectivity index (χ4v) is 7.86. The van der Waals surface area contributed by atoms with Gasteiger partial charge in [0.1, 0.15) is 0 Å². The SMILES string of the molecule is Cc1cc(S(=O)(=O)C2(C(C)(C)C)CC3(CCN(C(=O)O)CC3)C2)ccc1[N+](=O)[O-]. The van der Waals surface area contributed by atoms with E-state index in [2.05, 4.69) is 0 Å². The van der Waals surface area contributed by atoms with Crippen molar-refractivity contribution >= 4 is 21.6 Å². The molecule has 2 aliphatic rings. The quantitative estimate of drug-likeness (QED) is 0.578. The van der Waals surface area contributed by atoms with Crippen molar-refractivity contribution < 1.29 is 23.2 Å². The third-order valence-corrected chi connectivity index (χ3v) is 9.78. The molecule has 9 heteroatoms. The Hall–Kier alpha value is -2.16. The van der Waals surface area contributed by atoms with E-state index in [-0.39, 0.29) is 16.0 Å². The van der Waals surface area contributed by atoms with Crippen LogP contribution in [-0.2, 0) is 9.84 Å². The molecule has 0 aromatic heterocycles. The van der Waals surface area contributed by atoms with Crippen LogP contribution >= 0.6 is 0 Å². The number of hydrogen-bond acceptors (Lipinski definition) is 5. The summed E-state index contributed by atoms with van der Waals surface area (Å²) in [6, 6.07) is 4.00. The number of sulfone groups is 1. The molecular weight excluding hydrogens is 396 g/mol. The Morgan fingerprint density at radius 3 is 2.17 bits per heavy atom. The topological polar surface area (TPSA) is 118 Å². The van der Waals surface area contributed by atoms with Gasteiger partial charge in [-0.2, -0.15) is 0 Å². The van der Waals surface area contributed by atoms with Gasteiger partial charge in [-0.25, -0.2) is 13.2 Å². The lowest BCUT2D eigenvalue weighted by Crippen LogP contribution is -2.65. The average molecular weight is 425 g/mol. The Morgan fingerprint density at radius 1 is 1.21 bits per heavy atom. The molecule has 0 bridgehead atoms. The van der Waals surface area contributed by atoms with E-state index in [0.717, 1.165) is 0 Å². The second-order valence-corrected chi connectivity index (χ2v) is 11.8. The molecule has 2 fully saturated rings. The van der Waals surface area contributed by atoms with E-state index in [1.54, 1.807) is 6.92 Å². The van der Waals surface area contributed by atoms with Gasteiger partial charge in [0.25, 0.3) is 5.69 Å². The van der Waals surface area contributed by atoms with Gasteiger partial charge in [-0.1, -0.05) is 20.8 Å². The molecule has 8 nitrogen and oxygen atoms in total. The molecule has 0 atom stereocenters. The molecule has 0 unspecified atom stereocenters. The van der Waals surface area contributed by atoms with Gasteiger partial charge in [0.2, 0.25) is 0 Å². The molecule has 1 aromatic carbocycles. The molecule has 29 heavy (non-hydrogen) atoms. The van der Waals surface area contributed by atoms with E-state index in [4.69, 9.17) is 0 Å². The van der Waals surface area contributed by atoms with E-state index in [1.165, 1.54) is 23.1 Å². The van der Waals surface area contributed by atoms with Gasteiger partial charge in [-0.3, -0.25) is 10.1 Å². The highest BCUT2D eigenvalue weighted by molar-refractivity contribution is 7.93. The summed E-state index contributed by atoms with van der Waals surface area (Å²) in [5.41, 5.74) is -0.470. The first-order valence-electron chi connectivity index (χ1n) is 9.72. The van der Waals surface area contributed by atoms with Crippen molar-refractivity contribution in [2.45, 2.75) is 63.0 Å². The first kappa shape index (κ1) is 21.5. The first-order chi connectivity index (χ1) is 13.2. The van der Waals surface area contributed by atoms with Crippen LogP contribution in [0.5, 0.6) is 0 Å². The monoisotopic (exact) mass is 424 g/mol. The number of hydrogen-bond donors (Lipinski definition) is 1. The number of likely N-dealkylation sites (tertiary alicyclic amines) is 1. The second-order valence-electron chi connectivity index (χ2n) is 9.58. The highest BCUT2D eigenvalue weighted by Crippen LogP contribution is 2.65. The highest BCUT2D eigenvalue weighted by Gasteiger charge is 2.66. The summed E-state index contributed by atoms with van der Waals surface area (Å²) in [6.07, 6.45) is 1.35. The predicted molar refractivity (Wildman–Crippen MR) is 108 cm³/mol. The molecule has 1 aromatic rings. The first-order valence-corrected chi connectivity index (χ1v) is 11.2. The summed E-state index contributed by atoms with van der Waals surface area (Å²) in [5, 5.41) is 20.3. The van der Waals surface area contributed by atoms with E-state index in [1.807, 2.05) is 20.8 Å². The number of carbonyl (C=O) groups is 1. The Morgan fingerprint density at radius 2 is 1.76 bits per heavy atom. The summed E-state index contributed by atoms with van der Waals surface area (Å²) in [6.45, 7) is 8.15. The zero-order valence-electron chi connectivity index (χ0n) is 17.3. The van der Waals surface area contributed by atoms with Crippen LogP contribution < -0.4 is 0 Å². The van der Waals surface area contributed by atoms with Crippen molar-refractivity contribution in [3.05, 3.63) is 33.9 Å². The third kappa shape index (κ3) is 3.29. The number of aryl methyl sites for hydroxylation is 1. The van der Waals surface area contributed by atoms with Gasteiger partial charge < -0.3 is 10.0 Å². The van der Waals surface area contributed by atoms with Crippen molar-refractivity contribution in [2.24, 2.45) is 10.8 Å². The highest BCUT2D eigenvalue weighted by atomic mass is 32.2. The molecule has 1 aliphatic carbocycles. The van der Waals surface area contributed by atoms with Crippen LogP contribution in [0.25, 0.3) is 0 Å². The van der Waals surface area contributed by atoms with Crippen molar-refractivity contribution in [1.82, 2.24) is 4.90 Å². The smallest absolute Gasteiger partial charge is 0.407 e. The zero-order chi connectivity index (χ0) is 21.8. The fourth-order valence-electron chi connectivity index (χ4n) is 5.03. The lowest BCUT2D eigenvalue weighted by atomic mass is 9.51. The van der Waals surface area contributed by atoms with Crippen LogP contribution in [-0.4, -0.2) is 47.3 Å². The molecule has 1 amide bonds. The minimum atomic E-state index is -3.74. The summed E-state index contributed by atoms with van der Waals surface area (Å²) in [4.78, 5) is 23.3. The van der Waals surface area contributed by atoms with Crippen molar-refractivity contribution in [3.63, 3.8) is 0 Å². The Balaban J connectivity index is 1.94. The van der Waals surface area contributed by atoms with Crippen molar-refractivity contribution in [2.75, 3.05) is 13.1 Å². The Kier molecular flexibility index (Phi) is 4.97. The van der Waals surface area contributed by atoms with Gasteiger partial charge in [-0.15, -0.1) is 0 Å². The predicted octanol–water partition coefficient (Wildman–Crippen LogP) is 4.02.